The maximum atomic E-state index is 10.6. The van der Waals surface area contributed by atoms with Crippen LogP contribution >= 0.6 is 0 Å². The summed E-state index contributed by atoms with van der Waals surface area (Å²) in [6.07, 6.45) is 4.36. The first-order chi connectivity index (χ1) is 13.2. The maximum absolute atomic E-state index is 10.6. The number of hydrogen-bond donors (Lipinski definition) is 2. The van der Waals surface area contributed by atoms with Crippen LogP contribution in [-0.4, -0.2) is 23.5 Å². The molecule has 1 saturated carbocycles. The summed E-state index contributed by atoms with van der Waals surface area (Å²) in [4.78, 5) is 19.7. The first kappa shape index (κ1) is 17.0. The van der Waals surface area contributed by atoms with Gasteiger partial charge in [-0.15, -0.1) is 0 Å². The average molecular weight is 360 g/mol. The van der Waals surface area contributed by atoms with Crippen LogP contribution in [0.1, 0.15) is 19.3 Å². The van der Waals surface area contributed by atoms with Gasteiger partial charge >= 0.3 is 0 Å². The van der Waals surface area contributed by atoms with E-state index in [9.17, 15) is 4.79 Å². The number of aromatic nitrogens is 1. The number of pyridine rings is 1. The van der Waals surface area contributed by atoms with Crippen LogP contribution in [0.2, 0.25) is 0 Å². The summed E-state index contributed by atoms with van der Waals surface area (Å²) >= 11 is 0. The third-order valence-corrected chi connectivity index (χ3v) is 4.65. The fraction of sp³-hybridized carbons (Fsp3) is 0.190. The molecule has 136 valence electrons. The van der Waals surface area contributed by atoms with Gasteiger partial charge in [-0.25, -0.2) is 9.98 Å². The Hall–Kier alpha value is -3.41. The molecule has 27 heavy (non-hydrogen) atoms. The Balaban J connectivity index is 1.70. The van der Waals surface area contributed by atoms with E-state index >= 15 is 0 Å². The van der Waals surface area contributed by atoms with Gasteiger partial charge in [-0.2, -0.15) is 0 Å². The van der Waals surface area contributed by atoms with Crippen molar-refractivity contribution in [2.24, 2.45) is 10.7 Å². The molecule has 0 atom stereocenters. The third-order valence-electron chi connectivity index (χ3n) is 4.65. The summed E-state index contributed by atoms with van der Waals surface area (Å²) in [6, 6.07) is 17.5. The molecule has 1 aliphatic rings. The van der Waals surface area contributed by atoms with Crippen LogP contribution in [0.5, 0.6) is 5.75 Å². The molecule has 0 radical (unpaired) electrons. The Morgan fingerprint density at radius 3 is 2.67 bits per heavy atom. The number of nitrogens with zero attached hydrogens (tertiary/aromatic N) is 2. The first-order valence-corrected chi connectivity index (χ1v) is 8.94. The lowest BCUT2D eigenvalue weighted by atomic mass is 9.96. The number of ether oxygens (including phenoxy) is 1. The number of benzene rings is 2. The number of rotatable bonds is 5. The second-order valence-electron chi connectivity index (χ2n) is 6.50. The topological polar surface area (TPSA) is 89.6 Å². The van der Waals surface area contributed by atoms with Crippen molar-refractivity contribution in [2.45, 2.75) is 25.4 Å². The van der Waals surface area contributed by atoms with Crippen LogP contribution < -0.4 is 15.8 Å². The summed E-state index contributed by atoms with van der Waals surface area (Å²) in [5.74, 6) is 0.915. The molecule has 1 aliphatic carbocycles. The smallest absolute Gasteiger partial charge is 0.213 e. The molecule has 6 nitrogen and oxygen atoms in total. The molecule has 1 aromatic heterocycles. The summed E-state index contributed by atoms with van der Waals surface area (Å²) in [6.45, 7) is 0. The minimum absolute atomic E-state index is 0.0385. The molecular formula is C21H20N4O2. The predicted molar refractivity (Wildman–Crippen MR) is 106 cm³/mol. The zero-order valence-electron chi connectivity index (χ0n) is 14.8. The van der Waals surface area contributed by atoms with Crippen molar-refractivity contribution < 1.29 is 9.53 Å². The number of carbonyl (C=O) groups is 1. The molecule has 3 aromatic rings. The SMILES string of the molecule is NC(=Nc1cc(-c2ccc(OC3CCC3)cc2)nc2ccccc12)NC=O. The standard InChI is InChI=1S/C21H20N4O2/c22-21(23-13-26)25-20-12-19(24-18-7-2-1-6-17(18)20)14-8-10-16(11-9-14)27-15-4-3-5-15/h1-2,6-13,15H,3-5H2,(H3,22,23,24,25,26). The molecule has 1 heterocycles. The maximum Gasteiger partial charge on any atom is 0.213 e. The molecule has 1 amide bonds. The Morgan fingerprint density at radius 2 is 1.96 bits per heavy atom. The fourth-order valence-corrected chi connectivity index (χ4v) is 3.01. The molecule has 0 aliphatic heterocycles. The summed E-state index contributed by atoms with van der Waals surface area (Å²) in [5, 5.41) is 3.23. The van der Waals surface area contributed by atoms with Crippen molar-refractivity contribution in [3.63, 3.8) is 0 Å². The van der Waals surface area contributed by atoms with E-state index in [0.717, 1.165) is 40.8 Å². The number of hydrogen-bond acceptors (Lipinski definition) is 4. The molecule has 4 rings (SSSR count). The van der Waals surface area contributed by atoms with Gasteiger partial charge in [-0.05, 0) is 55.7 Å². The Morgan fingerprint density at radius 1 is 1.19 bits per heavy atom. The zero-order chi connectivity index (χ0) is 18.6. The summed E-state index contributed by atoms with van der Waals surface area (Å²) in [5.41, 5.74) is 8.95. The van der Waals surface area contributed by atoms with Gasteiger partial charge in [-0.1, -0.05) is 18.2 Å². The number of carbonyl (C=O) groups excluding carboxylic acids is 1. The number of guanidine groups is 1. The molecule has 0 spiro atoms. The van der Waals surface area contributed by atoms with Crippen LogP contribution in [0.25, 0.3) is 22.2 Å². The van der Waals surface area contributed by atoms with Crippen LogP contribution in [0.3, 0.4) is 0 Å². The largest absolute Gasteiger partial charge is 0.490 e. The van der Waals surface area contributed by atoms with Crippen molar-refractivity contribution in [1.29, 1.82) is 0 Å². The lowest BCUT2D eigenvalue weighted by molar-refractivity contribution is -0.108. The molecule has 0 unspecified atom stereocenters. The van der Waals surface area contributed by atoms with E-state index in [-0.39, 0.29) is 5.96 Å². The minimum Gasteiger partial charge on any atom is -0.490 e. The molecule has 6 heteroatoms. The monoisotopic (exact) mass is 360 g/mol. The van der Waals surface area contributed by atoms with Crippen molar-refractivity contribution >= 4 is 29.0 Å². The second kappa shape index (κ2) is 7.45. The van der Waals surface area contributed by atoms with E-state index in [1.54, 1.807) is 0 Å². The van der Waals surface area contributed by atoms with E-state index < -0.39 is 0 Å². The van der Waals surface area contributed by atoms with Gasteiger partial charge in [0.15, 0.2) is 5.96 Å². The first-order valence-electron chi connectivity index (χ1n) is 8.94. The van der Waals surface area contributed by atoms with Gasteiger partial charge < -0.3 is 10.5 Å². The quantitative estimate of drug-likeness (QED) is 0.414. The number of aliphatic imine (C=N–C) groups is 1. The zero-order valence-corrected chi connectivity index (χ0v) is 14.8. The minimum atomic E-state index is 0.0385. The second-order valence-corrected chi connectivity index (χ2v) is 6.50. The van der Waals surface area contributed by atoms with Gasteiger partial charge in [0.05, 0.1) is 23.0 Å². The number of nitrogens with two attached hydrogens (primary N) is 1. The highest BCUT2D eigenvalue weighted by Crippen LogP contribution is 2.32. The van der Waals surface area contributed by atoms with E-state index in [2.05, 4.69) is 10.3 Å². The van der Waals surface area contributed by atoms with E-state index in [1.165, 1.54) is 6.42 Å². The van der Waals surface area contributed by atoms with Crippen LogP contribution in [0, 0.1) is 0 Å². The molecule has 0 saturated heterocycles. The van der Waals surface area contributed by atoms with Gasteiger partial charge in [0.1, 0.15) is 5.75 Å². The molecule has 1 fully saturated rings. The molecule has 2 aromatic carbocycles. The summed E-state index contributed by atoms with van der Waals surface area (Å²) in [7, 11) is 0. The van der Waals surface area contributed by atoms with E-state index in [0.29, 0.717) is 18.2 Å². The van der Waals surface area contributed by atoms with Gasteiger partial charge in [0.2, 0.25) is 6.41 Å². The number of para-hydroxylation sites is 1. The van der Waals surface area contributed by atoms with Gasteiger partial charge in [-0.3, -0.25) is 10.1 Å². The molecular weight excluding hydrogens is 340 g/mol. The van der Waals surface area contributed by atoms with Crippen molar-refractivity contribution in [2.75, 3.05) is 0 Å². The lowest BCUT2D eigenvalue weighted by Crippen LogP contribution is -2.29. The van der Waals surface area contributed by atoms with Crippen molar-refractivity contribution in [3.8, 4) is 17.0 Å². The van der Waals surface area contributed by atoms with Crippen LogP contribution in [-0.2, 0) is 4.79 Å². The molecule has 0 bridgehead atoms. The average Bonchev–Trinajstić information content (AvgIpc) is 2.65. The molecule has 3 N–H and O–H groups in total. The highest BCUT2D eigenvalue weighted by atomic mass is 16.5. The Labute approximate surface area is 157 Å². The van der Waals surface area contributed by atoms with Gasteiger partial charge in [0, 0.05) is 10.9 Å². The Kier molecular flexibility index (Phi) is 4.70. The van der Waals surface area contributed by atoms with Crippen LogP contribution in [0.4, 0.5) is 5.69 Å². The number of fused-ring (bicyclic) bond motifs is 1. The highest BCUT2D eigenvalue weighted by Gasteiger charge is 2.19. The van der Waals surface area contributed by atoms with Crippen LogP contribution in [0.15, 0.2) is 59.6 Å². The van der Waals surface area contributed by atoms with Crippen molar-refractivity contribution in [3.05, 3.63) is 54.6 Å². The van der Waals surface area contributed by atoms with E-state index in [1.807, 2.05) is 54.6 Å². The fourth-order valence-electron chi connectivity index (χ4n) is 3.01. The normalized spacial score (nSPS) is 14.6. The lowest BCUT2D eigenvalue weighted by Gasteiger charge is -2.26. The van der Waals surface area contributed by atoms with Crippen molar-refractivity contribution in [1.82, 2.24) is 10.3 Å². The van der Waals surface area contributed by atoms with Gasteiger partial charge in [0.25, 0.3) is 0 Å². The summed E-state index contributed by atoms with van der Waals surface area (Å²) < 4.78 is 5.91. The Bertz CT molecular complexity index is 995. The third kappa shape index (κ3) is 3.74. The van der Waals surface area contributed by atoms with E-state index in [4.69, 9.17) is 15.5 Å². The highest BCUT2D eigenvalue weighted by molar-refractivity contribution is 5.97. The number of amides is 1. The number of nitrogens with one attached hydrogen (secondary N) is 1. The predicted octanol–water partition coefficient (Wildman–Crippen LogP) is 3.53.